The van der Waals surface area contributed by atoms with Gasteiger partial charge >= 0.3 is 0 Å². The summed E-state index contributed by atoms with van der Waals surface area (Å²) in [7, 11) is 0. The molecule has 1 aliphatic heterocycles. The van der Waals surface area contributed by atoms with Crippen LogP contribution < -0.4 is 5.73 Å². The molecule has 2 rings (SSSR count). The lowest BCUT2D eigenvalue weighted by Gasteiger charge is -2.15. The Hall–Kier alpha value is -0.640. The van der Waals surface area contributed by atoms with Gasteiger partial charge < -0.3 is 5.73 Å². The molecule has 1 aromatic rings. The Morgan fingerprint density at radius 2 is 2.33 bits per heavy atom. The highest BCUT2D eigenvalue weighted by atomic mass is 35.5. The van der Waals surface area contributed by atoms with Gasteiger partial charge in [0.1, 0.15) is 5.82 Å². The molecule has 0 unspecified atom stereocenters. The van der Waals surface area contributed by atoms with Gasteiger partial charge in [0.05, 0.1) is 5.02 Å². The highest BCUT2D eigenvalue weighted by molar-refractivity contribution is 6.30. The third kappa shape index (κ3) is 2.48. The van der Waals surface area contributed by atoms with E-state index in [-0.39, 0.29) is 16.9 Å². The van der Waals surface area contributed by atoms with Gasteiger partial charge in [0.2, 0.25) is 0 Å². The molecule has 0 amide bonds. The lowest BCUT2D eigenvalue weighted by Crippen LogP contribution is -2.26. The number of hydrogen-bond donors (Lipinski definition) is 1. The smallest absolute Gasteiger partial charge is 0.146 e. The Morgan fingerprint density at radius 3 is 3.00 bits per heavy atom. The van der Waals surface area contributed by atoms with Crippen LogP contribution in [-0.4, -0.2) is 24.0 Å². The third-order valence-corrected chi connectivity index (χ3v) is 3.03. The van der Waals surface area contributed by atoms with Gasteiger partial charge in [-0.05, 0) is 12.5 Å². The van der Waals surface area contributed by atoms with Crippen molar-refractivity contribution in [1.82, 2.24) is 4.90 Å². The van der Waals surface area contributed by atoms with E-state index in [0.717, 1.165) is 19.5 Å². The molecule has 0 saturated carbocycles. The molecule has 0 aliphatic carbocycles. The molecule has 2 nitrogen and oxygen atoms in total. The van der Waals surface area contributed by atoms with Crippen LogP contribution in [0, 0.1) is 5.82 Å². The first-order valence-electron chi connectivity index (χ1n) is 5.07. The standard InChI is InChI=1S/C11H14ClFN2/c12-10-3-1-2-8(11(10)13)6-15-5-4-9(14)7-15/h1-3,9H,4-7,14H2/t9-/m0/s1. The quantitative estimate of drug-likeness (QED) is 0.839. The zero-order chi connectivity index (χ0) is 10.8. The largest absolute Gasteiger partial charge is 0.326 e. The van der Waals surface area contributed by atoms with E-state index in [9.17, 15) is 4.39 Å². The fraction of sp³-hybridized carbons (Fsp3) is 0.455. The first kappa shape index (κ1) is 10.9. The predicted octanol–water partition coefficient (Wildman–Crippen LogP) is 2.01. The zero-order valence-electron chi connectivity index (χ0n) is 8.42. The second-order valence-corrected chi connectivity index (χ2v) is 4.40. The number of nitrogens with zero attached hydrogens (tertiary/aromatic N) is 1. The fourth-order valence-electron chi connectivity index (χ4n) is 1.92. The number of hydrogen-bond acceptors (Lipinski definition) is 2. The number of rotatable bonds is 2. The molecule has 1 atom stereocenters. The molecular weight excluding hydrogens is 215 g/mol. The summed E-state index contributed by atoms with van der Waals surface area (Å²) in [6.07, 6.45) is 0.988. The molecule has 0 bridgehead atoms. The van der Waals surface area contributed by atoms with Crippen molar-refractivity contribution in [3.8, 4) is 0 Å². The van der Waals surface area contributed by atoms with Gasteiger partial charge in [-0.25, -0.2) is 4.39 Å². The molecule has 4 heteroatoms. The van der Waals surface area contributed by atoms with Gasteiger partial charge in [-0.3, -0.25) is 4.90 Å². The summed E-state index contributed by atoms with van der Waals surface area (Å²) in [6.45, 7) is 2.37. The Labute approximate surface area is 93.8 Å². The molecule has 2 N–H and O–H groups in total. The van der Waals surface area contributed by atoms with Crippen LogP contribution in [0.2, 0.25) is 5.02 Å². The van der Waals surface area contributed by atoms with Crippen LogP contribution in [-0.2, 0) is 6.54 Å². The number of nitrogens with two attached hydrogens (primary N) is 1. The molecular formula is C11H14ClFN2. The Balaban J connectivity index is 2.07. The summed E-state index contributed by atoms with van der Waals surface area (Å²) in [5, 5.41) is 0.191. The van der Waals surface area contributed by atoms with Crippen LogP contribution in [0.5, 0.6) is 0 Å². The van der Waals surface area contributed by atoms with Crippen LogP contribution in [0.25, 0.3) is 0 Å². The zero-order valence-corrected chi connectivity index (χ0v) is 9.17. The molecule has 82 valence electrons. The highest BCUT2D eigenvalue weighted by Gasteiger charge is 2.20. The third-order valence-electron chi connectivity index (χ3n) is 2.73. The molecule has 1 aliphatic rings. The first-order valence-corrected chi connectivity index (χ1v) is 5.45. The van der Waals surface area contributed by atoms with Crippen molar-refractivity contribution < 1.29 is 4.39 Å². The maximum Gasteiger partial charge on any atom is 0.146 e. The SMILES string of the molecule is N[C@H]1CCN(Cc2cccc(Cl)c2F)C1. The number of benzene rings is 1. The minimum Gasteiger partial charge on any atom is -0.326 e. The summed E-state index contributed by atoms with van der Waals surface area (Å²) in [6, 6.07) is 5.34. The average Bonchev–Trinajstić information content (AvgIpc) is 2.59. The van der Waals surface area contributed by atoms with Crippen molar-refractivity contribution >= 4 is 11.6 Å². The second kappa shape index (κ2) is 4.47. The van der Waals surface area contributed by atoms with E-state index in [1.807, 2.05) is 0 Å². The van der Waals surface area contributed by atoms with Gasteiger partial charge in [0.25, 0.3) is 0 Å². The van der Waals surface area contributed by atoms with E-state index in [1.165, 1.54) is 0 Å². The number of halogens is 2. The number of likely N-dealkylation sites (tertiary alicyclic amines) is 1. The van der Waals surface area contributed by atoms with Crippen LogP contribution in [0.3, 0.4) is 0 Å². The Bertz CT molecular complexity index is 356. The fourth-order valence-corrected chi connectivity index (χ4v) is 2.11. The van der Waals surface area contributed by atoms with E-state index < -0.39 is 0 Å². The molecule has 1 heterocycles. The van der Waals surface area contributed by atoms with Crippen LogP contribution in [0.15, 0.2) is 18.2 Å². The topological polar surface area (TPSA) is 29.3 Å². The van der Waals surface area contributed by atoms with E-state index in [4.69, 9.17) is 17.3 Å². The minimum absolute atomic E-state index is 0.191. The van der Waals surface area contributed by atoms with Gasteiger partial charge in [-0.2, -0.15) is 0 Å². The minimum atomic E-state index is -0.306. The van der Waals surface area contributed by atoms with Crippen molar-refractivity contribution in [1.29, 1.82) is 0 Å². The van der Waals surface area contributed by atoms with Crippen LogP contribution in [0.1, 0.15) is 12.0 Å². The molecule has 1 fully saturated rings. The van der Waals surface area contributed by atoms with E-state index >= 15 is 0 Å². The van der Waals surface area contributed by atoms with Crippen molar-refractivity contribution in [2.24, 2.45) is 5.73 Å². The molecule has 15 heavy (non-hydrogen) atoms. The molecule has 0 aromatic heterocycles. The van der Waals surface area contributed by atoms with Gasteiger partial charge in [0, 0.05) is 31.2 Å². The second-order valence-electron chi connectivity index (χ2n) is 4.00. The van der Waals surface area contributed by atoms with Crippen molar-refractivity contribution in [2.45, 2.75) is 19.0 Å². The highest BCUT2D eigenvalue weighted by Crippen LogP contribution is 2.20. The monoisotopic (exact) mass is 228 g/mol. The van der Waals surface area contributed by atoms with Crippen LogP contribution >= 0.6 is 11.6 Å². The van der Waals surface area contributed by atoms with E-state index in [2.05, 4.69) is 4.90 Å². The van der Waals surface area contributed by atoms with Crippen molar-refractivity contribution in [2.75, 3.05) is 13.1 Å². The van der Waals surface area contributed by atoms with E-state index in [1.54, 1.807) is 18.2 Å². The Kier molecular flexibility index (Phi) is 3.24. The van der Waals surface area contributed by atoms with Crippen LogP contribution in [0.4, 0.5) is 4.39 Å². The van der Waals surface area contributed by atoms with Gasteiger partial charge in [-0.1, -0.05) is 23.7 Å². The maximum atomic E-state index is 13.6. The summed E-state index contributed by atoms with van der Waals surface area (Å²) >= 11 is 5.71. The van der Waals surface area contributed by atoms with Crippen molar-refractivity contribution in [3.63, 3.8) is 0 Å². The predicted molar refractivity (Wildman–Crippen MR) is 59.3 cm³/mol. The summed E-state index contributed by atoms with van der Waals surface area (Å²) < 4.78 is 13.6. The van der Waals surface area contributed by atoms with Gasteiger partial charge in [-0.15, -0.1) is 0 Å². The average molecular weight is 229 g/mol. The lowest BCUT2D eigenvalue weighted by molar-refractivity contribution is 0.321. The summed E-state index contributed by atoms with van der Waals surface area (Å²) in [5.74, 6) is -0.306. The van der Waals surface area contributed by atoms with Gasteiger partial charge in [0.15, 0.2) is 0 Å². The van der Waals surface area contributed by atoms with E-state index in [0.29, 0.717) is 12.1 Å². The molecule has 0 spiro atoms. The normalized spacial score (nSPS) is 22.2. The summed E-state index contributed by atoms with van der Waals surface area (Å²) in [4.78, 5) is 2.15. The molecule has 1 saturated heterocycles. The Morgan fingerprint density at radius 1 is 1.53 bits per heavy atom. The maximum absolute atomic E-state index is 13.6. The molecule has 1 aromatic carbocycles. The molecule has 0 radical (unpaired) electrons. The lowest BCUT2D eigenvalue weighted by atomic mass is 10.2. The first-order chi connectivity index (χ1) is 7.16. The van der Waals surface area contributed by atoms with Crippen molar-refractivity contribution in [3.05, 3.63) is 34.6 Å². The summed E-state index contributed by atoms with van der Waals surface area (Å²) in [5.41, 5.74) is 6.43.